The number of rotatable bonds is 10. The number of ether oxygens (including phenoxy) is 1. The molecule has 1 N–H and O–H groups in total. The van der Waals surface area contributed by atoms with Crippen molar-refractivity contribution >= 4 is 17.4 Å². The van der Waals surface area contributed by atoms with Crippen molar-refractivity contribution in [1.29, 1.82) is 0 Å². The summed E-state index contributed by atoms with van der Waals surface area (Å²) in [6.45, 7) is 6.37. The number of aryl methyl sites for hydroxylation is 4. The van der Waals surface area contributed by atoms with E-state index in [2.05, 4.69) is 48.0 Å². The Balaban J connectivity index is 1.63. The quantitative estimate of drug-likeness (QED) is 0.439. The first-order valence-electron chi connectivity index (χ1n) is 9.49. The zero-order valence-corrected chi connectivity index (χ0v) is 16.1. The van der Waals surface area contributed by atoms with Crippen molar-refractivity contribution in [3.8, 4) is 5.75 Å². The minimum Gasteiger partial charge on any atom is -0.494 e. The van der Waals surface area contributed by atoms with Gasteiger partial charge >= 0.3 is 0 Å². The second kappa shape index (κ2) is 9.21. The normalized spacial score (nSPS) is 10.9. The van der Waals surface area contributed by atoms with Gasteiger partial charge in [0, 0.05) is 19.5 Å². The zero-order chi connectivity index (χ0) is 19.1. The van der Waals surface area contributed by atoms with Gasteiger partial charge < -0.3 is 14.6 Å². The maximum absolute atomic E-state index is 10.4. The van der Waals surface area contributed by atoms with Crippen LogP contribution in [0.25, 0.3) is 11.0 Å². The lowest BCUT2D eigenvalue weighted by molar-refractivity contribution is -0.109. The fraction of sp³-hybridized carbons (Fsp3) is 0.364. The molecule has 1 heterocycles. The van der Waals surface area contributed by atoms with E-state index in [4.69, 9.17) is 9.72 Å². The molecule has 5 heteroatoms. The van der Waals surface area contributed by atoms with E-state index in [-0.39, 0.29) is 0 Å². The summed E-state index contributed by atoms with van der Waals surface area (Å²) in [6.07, 6.45) is 3.37. The number of hydrogen-bond donors (Lipinski definition) is 1. The molecule has 0 aliphatic heterocycles. The van der Waals surface area contributed by atoms with Gasteiger partial charge in [-0.05, 0) is 62.1 Å². The predicted octanol–water partition coefficient (Wildman–Crippen LogP) is 3.80. The van der Waals surface area contributed by atoms with E-state index in [1.165, 1.54) is 11.1 Å². The molecule has 2 aromatic carbocycles. The third kappa shape index (κ3) is 5.09. The van der Waals surface area contributed by atoms with Gasteiger partial charge in [-0.2, -0.15) is 0 Å². The Bertz CT molecular complexity index is 881. The molecule has 142 valence electrons. The maximum Gasteiger partial charge on any atom is 0.207 e. The Morgan fingerprint density at radius 3 is 2.67 bits per heavy atom. The van der Waals surface area contributed by atoms with Crippen molar-refractivity contribution in [2.75, 3.05) is 13.2 Å². The zero-order valence-electron chi connectivity index (χ0n) is 16.1. The van der Waals surface area contributed by atoms with Gasteiger partial charge in [0.15, 0.2) is 0 Å². The number of carbonyl (C=O) groups excluding carboxylic acids is 1. The Hall–Kier alpha value is -2.82. The Morgan fingerprint density at radius 2 is 1.89 bits per heavy atom. The van der Waals surface area contributed by atoms with Crippen LogP contribution in [0.2, 0.25) is 0 Å². The van der Waals surface area contributed by atoms with E-state index >= 15 is 0 Å². The molecule has 0 aliphatic rings. The fourth-order valence-corrected chi connectivity index (χ4v) is 3.40. The number of fused-ring (bicyclic) bond motifs is 1. The standard InChI is InChI=1S/C22H27N3O2/c1-17-13-18(2)15-19(14-17)27-12-6-11-25-21-8-4-3-7-20(21)24-22(25)9-5-10-23-16-26/h3-4,7-8,13-16H,5-6,9-12H2,1-2H3,(H,23,26). The first kappa shape index (κ1) is 19.0. The molecule has 1 amide bonds. The van der Waals surface area contributed by atoms with Crippen LogP contribution in [-0.4, -0.2) is 29.1 Å². The topological polar surface area (TPSA) is 56.1 Å². The monoisotopic (exact) mass is 365 g/mol. The summed E-state index contributed by atoms with van der Waals surface area (Å²) in [7, 11) is 0. The van der Waals surface area contributed by atoms with Gasteiger partial charge in [-0.3, -0.25) is 4.79 Å². The van der Waals surface area contributed by atoms with Gasteiger partial charge in [-0.1, -0.05) is 18.2 Å². The summed E-state index contributed by atoms with van der Waals surface area (Å²) in [5.41, 5.74) is 4.61. The van der Waals surface area contributed by atoms with E-state index in [0.29, 0.717) is 13.2 Å². The Labute approximate surface area is 160 Å². The summed E-state index contributed by atoms with van der Waals surface area (Å²) < 4.78 is 8.23. The molecule has 3 rings (SSSR count). The van der Waals surface area contributed by atoms with Crippen molar-refractivity contribution in [2.24, 2.45) is 0 Å². The number of benzene rings is 2. The number of carbonyl (C=O) groups is 1. The summed E-state index contributed by atoms with van der Waals surface area (Å²) in [6, 6.07) is 14.5. The number of imidazole rings is 1. The molecule has 0 fully saturated rings. The van der Waals surface area contributed by atoms with Crippen molar-refractivity contribution in [1.82, 2.24) is 14.9 Å². The maximum atomic E-state index is 10.4. The molecule has 0 saturated carbocycles. The van der Waals surface area contributed by atoms with Crippen LogP contribution >= 0.6 is 0 Å². The summed E-state index contributed by atoms with van der Waals surface area (Å²) in [5.74, 6) is 2.00. The van der Waals surface area contributed by atoms with Gasteiger partial charge in [0.2, 0.25) is 6.41 Å². The predicted molar refractivity (Wildman–Crippen MR) is 108 cm³/mol. The lowest BCUT2D eigenvalue weighted by atomic mass is 10.1. The van der Waals surface area contributed by atoms with Crippen LogP contribution < -0.4 is 10.1 Å². The highest BCUT2D eigenvalue weighted by molar-refractivity contribution is 5.75. The number of para-hydroxylation sites is 2. The van der Waals surface area contributed by atoms with Gasteiger partial charge in [-0.25, -0.2) is 4.98 Å². The SMILES string of the molecule is Cc1cc(C)cc(OCCCn2c(CCCNC=O)nc3ccccc32)c1. The average molecular weight is 365 g/mol. The van der Waals surface area contributed by atoms with Gasteiger partial charge in [0.1, 0.15) is 11.6 Å². The third-order valence-corrected chi connectivity index (χ3v) is 4.53. The lowest BCUT2D eigenvalue weighted by Crippen LogP contribution is -2.14. The van der Waals surface area contributed by atoms with Crippen molar-refractivity contribution in [3.05, 3.63) is 59.4 Å². The molecule has 0 atom stereocenters. The largest absolute Gasteiger partial charge is 0.494 e. The van der Waals surface area contributed by atoms with Crippen LogP contribution in [0.4, 0.5) is 0 Å². The van der Waals surface area contributed by atoms with Gasteiger partial charge in [-0.15, -0.1) is 0 Å². The highest BCUT2D eigenvalue weighted by atomic mass is 16.5. The van der Waals surface area contributed by atoms with E-state index < -0.39 is 0 Å². The van der Waals surface area contributed by atoms with E-state index in [1.54, 1.807) is 0 Å². The van der Waals surface area contributed by atoms with Crippen LogP contribution in [0, 0.1) is 13.8 Å². The molecule has 0 aliphatic carbocycles. The highest BCUT2D eigenvalue weighted by Crippen LogP contribution is 2.19. The van der Waals surface area contributed by atoms with Gasteiger partial charge in [0.25, 0.3) is 0 Å². The molecule has 0 unspecified atom stereocenters. The molecule has 27 heavy (non-hydrogen) atoms. The number of nitrogens with zero attached hydrogens (tertiary/aromatic N) is 2. The smallest absolute Gasteiger partial charge is 0.207 e. The lowest BCUT2D eigenvalue weighted by Gasteiger charge is -2.11. The first-order valence-corrected chi connectivity index (χ1v) is 9.49. The van der Waals surface area contributed by atoms with Crippen LogP contribution in [0.3, 0.4) is 0 Å². The average Bonchev–Trinajstić information content (AvgIpc) is 2.99. The molecular formula is C22H27N3O2. The Kier molecular flexibility index (Phi) is 6.47. The number of nitrogens with one attached hydrogen (secondary N) is 1. The molecular weight excluding hydrogens is 338 g/mol. The van der Waals surface area contributed by atoms with Crippen LogP contribution in [-0.2, 0) is 17.8 Å². The molecule has 1 aromatic heterocycles. The van der Waals surface area contributed by atoms with Crippen LogP contribution in [0.5, 0.6) is 5.75 Å². The second-order valence-electron chi connectivity index (χ2n) is 6.87. The first-order chi connectivity index (χ1) is 13.2. The van der Waals surface area contributed by atoms with E-state index in [0.717, 1.165) is 54.8 Å². The number of aromatic nitrogens is 2. The highest BCUT2D eigenvalue weighted by Gasteiger charge is 2.10. The van der Waals surface area contributed by atoms with Crippen molar-refractivity contribution in [3.63, 3.8) is 0 Å². The molecule has 0 saturated heterocycles. The minimum absolute atomic E-state index is 0.668. The second-order valence-corrected chi connectivity index (χ2v) is 6.87. The van der Waals surface area contributed by atoms with Crippen molar-refractivity contribution in [2.45, 2.75) is 39.7 Å². The van der Waals surface area contributed by atoms with Crippen LogP contribution in [0.15, 0.2) is 42.5 Å². The molecule has 0 bridgehead atoms. The molecule has 3 aromatic rings. The third-order valence-electron chi connectivity index (χ3n) is 4.53. The molecule has 0 radical (unpaired) electrons. The number of amides is 1. The fourth-order valence-electron chi connectivity index (χ4n) is 3.40. The minimum atomic E-state index is 0.668. The summed E-state index contributed by atoms with van der Waals surface area (Å²) in [4.78, 5) is 15.2. The Morgan fingerprint density at radius 1 is 1.11 bits per heavy atom. The summed E-state index contributed by atoms with van der Waals surface area (Å²) in [5, 5.41) is 2.71. The van der Waals surface area contributed by atoms with Crippen LogP contribution in [0.1, 0.15) is 29.8 Å². The summed E-state index contributed by atoms with van der Waals surface area (Å²) >= 11 is 0. The number of hydrogen-bond acceptors (Lipinski definition) is 3. The molecule has 0 spiro atoms. The van der Waals surface area contributed by atoms with Gasteiger partial charge in [0.05, 0.1) is 17.6 Å². The van der Waals surface area contributed by atoms with E-state index in [1.807, 2.05) is 18.2 Å². The molecule has 5 nitrogen and oxygen atoms in total. The van der Waals surface area contributed by atoms with Crippen molar-refractivity contribution < 1.29 is 9.53 Å². The van der Waals surface area contributed by atoms with E-state index in [9.17, 15) is 4.79 Å².